The van der Waals surface area contributed by atoms with E-state index in [1.807, 2.05) is 54.6 Å². The minimum absolute atomic E-state index is 0.0402. The molecule has 0 radical (unpaired) electrons. The standard InChI is InChI=1S/C38H44N2O5/c1-4-5-6-7-8-9-10-11-12-16-23-39-33(41)27-28-21-22-30-29-19-14-15-20-31(29)34(32(30)26-28)35(37(42)44-2)36(38(43)45-3)40-24-17-13-18-25-40/h4,13-15,17-22,24-26H,1,5-12,16,23,27H2,2-3H3,(H-,39,41,43)/b35-34-,38-36-. The first-order valence-electron chi connectivity index (χ1n) is 15.9. The van der Waals surface area contributed by atoms with Crippen molar-refractivity contribution in [1.82, 2.24) is 5.32 Å². The monoisotopic (exact) mass is 608 g/mol. The number of hydrogen-bond donors (Lipinski definition) is 1. The average Bonchev–Trinajstić information content (AvgIpc) is 3.38. The van der Waals surface area contributed by atoms with Crippen LogP contribution in [-0.4, -0.2) is 32.6 Å². The van der Waals surface area contributed by atoms with Crippen LogP contribution in [0.15, 0.2) is 97.2 Å². The van der Waals surface area contributed by atoms with Crippen LogP contribution in [0.3, 0.4) is 0 Å². The number of methoxy groups -OCH3 is 2. The molecule has 2 aromatic carbocycles. The average molecular weight is 609 g/mol. The molecule has 1 heterocycles. The molecule has 4 rings (SSSR count). The zero-order valence-corrected chi connectivity index (χ0v) is 26.5. The van der Waals surface area contributed by atoms with Crippen molar-refractivity contribution in [2.24, 2.45) is 0 Å². The maximum Gasteiger partial charge on any atom is 0.345 e. The van der Waals surface area contributed by atoms with Crippen molar-refractivity contribution in [3.05, 3.63) is 114 Å². The molecule has 7 nitrogen and oxygen atoms in total. The van der Waals surface area contributed by atoms with Crippen LogP contribution in [0.4, 0.5) is 0 Å². The summed E-state index contributed by atoms with van der Waals surface area (Å²) in [5, 5.41) is 16.3. The fraction of sp³-hybridized carbons (Fsp3) is 0.342. The Labute approximate surface area is 266 Å². The lowest BCUT2D eigenvalue weighted by Crippen LogP contribution is -2.38. The zero-order valence-electron chi connectivity index (χ0n) is 26.5. The van der Waals surface area contributed by atoms with E-state index >= 15 is 0 Å². The highest BCUT2D eigenvalue weighted by molar-refractivity contribution is 6.16. The maximum absolute atomic E-state index is 13.5. The minimum atomic E-state index is -0.677. The van der Waals surface area contributed by atoms with Crippen LogP contribution >= 0.6 is 0 Å². The van der Waals surface area contributed by atoms with Crippen LogP contribution in [-0.2, 0) is 25.5 Å². The number of unbranched alkanes of at least 4 members (excludes halogenated alkanes) is 8. The molecular formula is C38H44N2O5. The van der Waals surface area contributed by atoms with E-state index in [9.17, 15) is 14.7 Å². The predicted octanol–water partition coefficient (Wildman–Crippen LogP) is 6.12. The van der Waals surface area contributed by atoms with E-state index in [2.05, 4.69) is 11.9 Å². The third-order valence-electron chi connectivity index (χ3n) is 8.09. The second-order valence-electron chi connectivity index (χ2n) is 11.2. The van der Waals surface area contributed by atoms with Gasteiger partial charge in [-0.2, -0.15) is 4.57 Å². The van der Waals surface area contributed by atoms with Crippen molar-refractivity contribution in [2.45, 2.75) is 64.2 Å². The van der Waals surface area contributed by atoms with E-state index in [0.717, 1.165) is 47.1 Å². The number of pyridine rings is 1. The van der Waals surface area contributed by atoms with E-state index < -0.39 is 11.9 Å². The molecule has 1 aromatic heterocycles. The molecule has 0 aliphatic heterocycles. The number of allylic oxidation sites excluding steroid dienone is 1. The number of amides is 1. The van der Waals surface area contributed by atoms with Gasteiger partial charge in [-0.15, -0.1) is 6.58 Å². The van der Waals surface area contributed by atoms with E-state index in [0.29, 0.717) is 12.1 Å². The van der Waals surface area contributed by atoms with Crippen molar-refractivity contribution < 1.29 is 28.7 Å². The molecule has 0 unspecified atom stereocenters. The van der Waals surface area contributed by atoms with Gasteiger partial charge in [0.15, 0.2) is 12.4 Å². The molecule has 0 bridgehead atoms. The highest BCUT2D eigenvalue weighted by atomic mass is 16.6. The van der Waals surface area contributed by atoms with Gasteiger partial charge in [0.2, 0.25) is 11.6 Å². The van der Waals surface area contributed by atoms with E-state index in [-0.39, 0.29) is 23.6 Å². The largest absolute Gasteiger partial charge is 0.612 e. The molecule has 236 valence electrons. The summed E-state index contributed by atoms with van der Waals surface area (Å²) in [6, 6.07) is 19.0. The number of carbonyl (C=O) groups is 2. The fourth-order valence-corrected chi connectivity index (χ4v) is 5.84. The van der Waals surface area contributed by atoms with E-state index in [1.165, 1.54) is 52.7 Å². The molecule has 1 amide bonds. The molecule has 45 heavy (non-hydrogen) atoms. The summed E-state index contributed by atoms with van der Waals surface area (Å²) in [6.45, 7) is 4.42. The second kappa shape index (κ2) is 17.0. The Bertz CT molecular complexity index is 1540. The fourth-order valence-electron chi connectivity index (χ4n) is 5.84. The predicted molar refractivity (Wildman–Crippen MR) is 175 cm³/mol. The summed E-state index contributed by atoms with van der Waals surface area (Å²) in [4.78, 5) is 26.4. The van der Waals surface area contributed by atoms with Gasteiger partial charge in [-0.1, -0.05) is 87.1 Å². The van der Waals surface area contributed by atoms with Gasteiger partial charge in [-0.3, -0.25) is 4.79 Å². The van der Waals surface area contributed by atoms with Crippen molar-refractivity contribution in [1.29, 1.82) is 0 Å². The number of fused-ring (bicyclic) bond motifs is 3. The topological polar surface area (TPSA) is 91.6 Å². The number of esters is 1. The highest BCUT2D eigenvalue weighted by Gasteiger charge is 2.35. The Hall–Kier alpha value is -4.65. The highest BCUT2D eigenvalue weighted by Crippen LogP contribution is 2.47. The maximum atomic E-state index is 13.5. The van der Waals surface area contributed by atoms with Gasteiger partial charge in [0.05, 0.1) is 13.5 Å². The Morgan fingerprint density at radius 3 is 2.11 bits per heavy atom. The normalized spacial score (nSPS) is 13.3. The van der Waals surface area contributed by atoms with Crippen LogP contribution < -0.4 is 15.0 Å². The van der Waals surface area contributed by atoms with E-state index in [1.54, 1.807) is 29.1 Å². The molecular weight excluding hydrogens is 564 g/mol. The third-order valence-corrected chi connectivity index (χ3v) is 8.09. The van der Waals surface area contributed by atoms with Crippen LogP contribution in [0, 0.1) is 0 Å². The van der Waals surface area contributed by atoms with Gasteiger partial charge >= 0.3 is 5.97 Å². The molecule has 1 aliphatic rings. The van der Waals surface area contributed by atoms with Gasteiger partial charge in [-0.25, -0.2) is 4.79 Å². The first-order valence-corrected chi connectivity index (χ1v) is 15.9. The molecule has 1 N–H and O–H groups in total. The number of ether oxygens (including phenoxy) is 2. The molecule has 3 aromatic rings. The van der Waals surface area contributed by atoms with Gasteiger partial charge in [0, 0.05) is 24.3 Å². The Kier molecular flexibility index (Phi) is 12.6. The summed E-state index contributed by atoms with van der Waals surface area (Å²) < 4.78 is 12.0. The van der Waals surface area contributed by atoms with Crippen LogP contribution in [0.1, 0.15) is 74.5 Å². The van der Waals surface area contributed by atoms with Gasteiger partial charge in [0.1, 0.15) is 11.5 Å². The summed E-state index contributed by atoms with van der Waals surface area (Å²) in [7, 11) is 2.58. The number of nitrogens with zero attached hydrogens (tertiary/aromatic N) is 1. The van der Waals surface area contributed by atoms with Crippen molar-refractivity contribution in [3.63, 3.8) is 0 Å². The molecule has 0 saturated carbocycles. The smallest absolute Gasteiger partial charge is 0.345 e. The molecule has 7 heteroatoms. The van der Waals surface area contributed by atoms with Gasteiger partial charge in [0.25, 0.3) is 0 Å². The first-order chi connectivity index (χ1) is 22.0. The van der Waals surface area contributed by atoms with Crippen molar-refractivity contribution in [2.75, 3.05) is 20.8 Å². The summed E-state index contributed by atoms with van der Waals surface area (Å²) in [5.41, 5.74) is 4.89. The number of carbonyl (C=O) groups excluding carboxylic acids is 2. The molecule has 0 spiro atoms. The minimum Gasteiger partial charge on any atom is -0.612 e. The summed E-state index contributed by atoms with van der Waals surface area (Å²) in [6.07, 6.45) is 16.2. The first kappa shape index (κ1) is 33.2. The Morgan fingerprint density at radius 1 is 0.800 bits per heavy atom. The van der Waals surface area contributed by atoms with Gasteiger partial charge in [-0.05, 0) is 60.3 Å². The number of hydrogen-bond acceptors (Lipinski definition) is 5. The lowest BCUT2D eigenvalue weighted by Gasteiger charge is -2.17. The number of benzene rings is 2. The van der Waals surface area contributed by atoms with E-state index in [4.69, 9.17) is 9.47 Å². The molecule has 0 atom stereocenters. The lowest BCUT2D eigenvalue weighted by molar-refractivity contribution is -0.586. The zero-order chi connectivity index (χ0) is 32.0. The van der Waals surface area contributed by atoms with Crippen LogP contribution in [0.5, 0.6) is 0 Å². The second-order valence-corrected chi connectivity index (χ2v) is 11.2. The molecule has 0 fully saturated rings. The number of aromatic nitrogens is 1. The lowest BCUT2D eigenvalue weighted by atomic mass is 9.94. The summed E-state index contributed by atoms with van der Waals surface area (Å²) in [5.74, 6) is -1.39. The van der Waals surface area contributed by atoms with Gasteiger partial charge < -0.3 is 19.9 Å². The van der Waals surface area contributed by atoms with Crippen LogP contribution in [0.25, 0.3) is 22.4 Å². The Balaban J connectivity index is 1.54. The quantitative estimate of drug-likeness (QED) is 0.0390. The third kappa shape index (κ3) is 8.50. The molecule has 0 saturated heterocycles. The number of rotatable bonds is 17. The molecule has 1 aliphatic carbocycles. The van der Waals surface area contributed by atoms with Crippen LogP contribution in [0.2, 0.25) is 0 Å². The SMILES string of the molecule is C=CCCCCCCCCCCNC(=O)Cc1ccc2c(c1)/C(=C(C(=O)OC)/C(=C(\[O-])OC)[n+]1ccccc1)c1ccccc1-2. The Morgan fingerprint density at radius 2 is 1.44 bits per heavy atom. The number of nitrogens with one attached hydrogen (secondary N) is 1. The van der Waals surface area contributed by atoms with Crippen molar-refractivity contribution in [3.8, 4) is 11.1 Å². The summed E-state index contributed by atoms with van der Waals surface area (Å²) >= 11 is 0. The van der Waals surface area contributed by atoms with Crippen molar-refractivity contribution >= 4 is 23.1 Å².